The van der Waals surface area contributed by atoms with Crippen molar-refractivity contribution in [3.8, 4) is 0 Å². The van der Waals surface area contributed by atoms with Crippen LogP contribution in [0.1, 0.15) is 32.6 Å². The van der Waals surface area contributed by atoms with Crippen LogP contribution in [0.2, 0.25) is 5.02 Å². The van der Waals surface area contributed by atoms with Gasteiger partial charge in [-0.05, 0) is 37.7 Å². The third-order valence-electron chi connectivity index (χ3n) is 4.17. The Kier molecular flexibility index (Phi) is 4.68. The van der Waals surface area contributed by atoms with Crippen molar-refractivity contribution in [1.29, 1.82) is 0 Å². The average Bonchev–Trinajstić information content (AvgIpc) is 2.45. The predicted octanol–water partition coefficient (Wildman–Crippen LogP) is 3.74. The molecule has 0 aliphatic heterocycles. The first-order chi connectivity index (χ1) is 9.87. The lowest BCUT2D eigenvalue weighted by Gasteiger charge is -2.39. The molecule has 0 atom stereocenters. The SMILES string of the molecule is CC1CCC(CO)(Nc2cc(Cl)c(F)cc2[N+](=O)[O-])CC1. The molecule has 1 saturated carbocycles. The molecule has 2 N–H and O–H groups in total. The summed E-state index contributed by atoms with van der Waals surface area (Å²) in [6, 6.07) is 2.02. The zero-order chi connectivity index (χ0) is 15.6. The van der Waals surface area contributed by atoms with E-state index in [-0.39, 0.29) is 23.0 Å². The van der Waals surface area contributed by atoms with E-state index in [4.69, 9.17) is 11.6 Å². The molecule has 21 heavy (non-hydrogen) atoms. The highest BCUT2D eigenvalue weighted by atomic mass is 35.5. The number of nitrogens with one attached hydrogen (secondary N) is 1. The van der Waals surface area contributed by atoms with Crippen molar-refractivity contribution in [2.45, 2.75) is 38.1 Å². The zero-order valence-electron chi connectivity index (χ0n) is 11.7. The van der Waals surface area contributed by atoms with Crippen LogP contribution in [0.5, 0.6) is 0 Å². The predicted molar refractivity (Wildman–Crippen MR) is 79.1 cm³/mol. The van der Waals surface area contributed by atoms with E-state index in [1.54, 1.807) is 0 Å². The van der Waals surface area contributed by atoms with Gasteiger partial charge in [-0.2, -0.15) is 0 Å². The second-order valence-corrected chi connectivity index (χ2v) is 6.19. The largest absolute Gasteiger partial charge is 0.394 e. The Morgan fingerprint density at radius 3 is 2.67 bits per heavy atom. The Bertz CT molecular complexity index is 545. The highest BCUT2D eigenvalue weighted by Crippen LogP contribution is 2.38. The lowest BCUT2D eigenvalue weighted by atomic mass is 9.77. The fourth-order valence-electron chi connectivity index (χ4n) is 2.71. The summed E-state index contributed by atoms with van der Waals surface area (Å²) >= 11 is 5.72. The van der Waals surface area contributed by atoms with Crippen LogP contribution in [0.25, 0.3) is 0 Å². The van der Waals surface area contributed by atoms with Gasteiger partial charge < -0.3 is 10.4 Å². The van der Waals surface area contributed by atoms with E-state index in [1.165, 1.54) is 6.07 Å². The van der Waals surface area contributed by atoms with E-state index in [0.717, 1.165) is 18.9 Å². The topological polar surface area (TPSA) is 75.4 Å². The normalized spacial score (nSPS) is 25.6. The molecule has 1 aromatic carbocycles. The van der Waals surface area contributed by atoms with Gasteiger partial charge in [0.15, 0.2) is 0 Å². The minimum atomic E-state index is -0.829. The molecule has 1 aromatic rings. The fourth-order valence-corrected chi connectivity index (χ4v) is 2.87. The number of anilines is 1. The van der Waals surface area contributed by atoms with Gasteiger partial charge in [0.25, 0.3) is 5.69 Å². The molecule has 0 bridgehead atoms. The van der Waals surface area contributed by atoms with Crippen molar-refractivity contribution in [2.24, 2.45) is 5.92 Å². The summed E-state index contributed by atoms with van der Waals surface area (Å²) in [5.74, 6) is -0.262. The Hall–Kier alpha value is -1.40. The monoisotopic (exact) mass is 316 g/mol. The van der Waals surface area contributed by atoms with Crippen LogP contribution in [0.3, 0.4) is 0 Å². The molecule has 0 saturated heterocycles. The number of hydrogen-bond acceptors (Lipinski definition) is 4. The van der Waals surface area contributed by atoms with Gasteiger partial charge >= 0.3 is 0 Å². The lowest BCUT2D eigenvalue weighted by molar-refractivity contribution is -0.384. The van der Waals surface area contributed by atoms with Gasteiger partial charge in [0.05, 0.1) is 28.2 Å². The summed E-state index contributed by atoms with van der Waals surface area (Å²) in [5.41, 5.74) is -0.836. The summed E-state index contributed by atoms with van der Waals surface area (Å²) in [4.78, 5) is 10.4. The fraction of sp³-hybridized carbons (Fsp3) is 0.571. The number of hydrogen-bond donors (Lipinski definition) is 2. The van der Waals surface area contributed by atoms with Crippen molar-refractivity contribution in [2.75, 3.05) is 11.9 Å². The van der Waals surface area contributed by atoms with Crippen LogP contribution in [-0.4, -0.2) is 22.2 Å². The number of benzene rings is 1. The van der Waals surface area contributed by atoms with Gasteiger partial charge in [-0.3, -0.25) is 10.1 Å². The number of nitro groups is 1. The molecule has 116 valence electrons. The Balaban J connectivity index is 2.33. The highest BCUT2D eigenvalue weighted by molar-refractivity contribution is 6.31. The molecule has 2 rings (SSSR count). The number of halogens is 2. The second-order valence-electron chi connectivity index (χ2n) is 5.79. The summed E-state index contributed by atoms with van der Waals surface area (Å²) in [7, 11) is 0. The molecular formula is C14H18ClFN2O3. The van der Waals surface area contributed by atoms with E-state index in [2.05, 4.69) is 12.2 Å². The summed E-state index contributed by atoms with van der Waals surface area (Å²) < 4.78 is 13.4. The Morgan fingerprint density at radius 2 is 2.14 bits per heavy atom. The van der Waals surface area contributed by atoms with E-state index in [1.807, 2.05) is 0 Å². The first-order valence-corrected chi connectivity index (χ1v) is 7.27. The third kappa shape index (κ3) is 3.44. The number of aliphatic hydroxyl groups excluding tert-OH is 1. The van der Waals surface area contributed by atoms with Gasteiger partial charge in [0.2, 0.25) is 0 Å². The van der Waals surface area contributed by atoms with Crippen LogP contribution in [0.4, 0.5) is 15.8 Å². The Labute approximate surface area is 127 Å². The molecule has 0 spiro atoms. The van der Waals surface area contributed by atoms with E-state index in [9.17, 15) is 19.6 Å². The summed E-state index contributed by atoms with van der Waals surface area (Å²) in [6.07, 6.45) is 3.26. The highest BCUT2D eigenvalue weighted by Gasteiger charge is 2.35. The van der Waals surface area contributed by atoms with E-state index < -0.39 is 16.3 Å². The van der Waals surface area contributed by atoms with Crippen molar-refractivity contribution in [3.05, 3.63) is 33.1 Å². The van der Waals surface area contributed by atoms with Crippen molar-refractivity contribution < 1.29 is 14.4 Å². The molecule has 0 amide bonds. The molecule has 7 heteroatoms. The zero-order valence-corrected chi connectivity index (χ0v) is 12.5. The summed E-state index contributed by atoms with van der Waals surface area (Å²) in [5, 5.41) is 23.6. The van der Waals surface area contributed by atoms with Crippen molar-refractivity contribution >= 4 is 23.0 Å². The standard InChI is InChI=1S/C14H18ClFN2O3/c1-9-2-4-14(8-19,5-3-9)17-12-6-10(15)11(16)7-13(12)18(20)21/h6-7,9,17,19H,2-5,8H2,1H3. The molecule has 0 unspecified atom stereocenters. The Morgan fingerprint density at radius 1 is 1.52 bits per heavy atom. The van der Waals surface area contributed by atoms with Gasteiger partial charge in [-0.25, -0.2) is 4.39 Å². The third-order valence-corrected chi connectivity index (χ3v) is 4.46. The van der Waals surface area contributed by atoms with E-state index >= 15 is 0 Å². The van der Waals surface area contributed by atoms with Crippen LogP contribution in [0, 0.1) is 21.8 Å². The maximum Gasteiger partial charge on any atom is 0.295 e. The van der Waals surface area contributed by atoms with Gasteiger partial charge in [-0.15, -0.1) is 0 Å². The number of nitro benzene ring substituents is 1. The maximum absolute atomic E-state index is 13.4. The first-order valence-electron chi connectivity index (χ1n) is 6.89. The van der Waals surface area contributed by atoms with Crippen LogP contribution in [-0.2, 0) is 0 Å². The number of aliphatic hydroxyl groups is 1. The molecular weight excluding hydrogens is 299 g/mol. The molecule has 1 fully saturated rings. The summed E-state index contributed by atoms with van der Waals surface area (Å²) in [6.45, 7) is 2.00. The van der Waals surface area contributed by atoms with Crippen molar-refractivity contribution in [3.63, 3.8) is 0 Å². The number of nitrogens with zero attached hydrogens (tertiary/aromatic N) is 1. The molecule has 0 heterocycles. The van der Waals surface area contributed by atoms with Crippen LogP contribution >= 0.6 is 11.6 Å². The van der Waals surface area contributed by atoms with Crippen molar-refractivity contribution in [1.82, 2.24) is 0 Å². The lowest BCUT2D eigenvalue weighted by Crippen LogP contribution is -2.45. The maximum atomic E-state index is 13.4. The van der Waals surface area contributed by atoms with E-state index in [0.29, 0.717) is 18.8 Å². The van der Waals surface area contributed by atoms with Crippen LogP contribution in [0.15, 0.2) is 12.1 Å². The molecule has 1 aliphatic rings. The smallest absolute Gasteiger partial charge is 0.295 e. The van der Waals surface area contributed by atoms with Gasteiger partial charge in [0, 0.05) is 0 Å². The minimum Gasteiger partial charge on any atom is -0.394 e. The quantitative estimate of drug-likeness (QED) is 0.655. The second kappa shape index (κ2) is 6.15. The molecule has 0 radical (unpaired) electrons. The van der Waals surface area contributed by atoms with Gasteiger partial charge in [0.1, 0.15) is 11.5 Å². The molecule has 1 aliphatic carbocycles. The minimum absolute atomic E-state index is 0.133. The number of rotatable bonds is 4. The molecule has 0 aromatic heterocycles. The van der Waals surface area contributed by atoms with Gasteiger partial charge in [-0.1, -0.05) is 18.5 Å². The molecule has 5 nitrogen and oxygen atoms in total. The first kappa shape index (κ1) is 16.0. The van der Waals surface area contributed by atoms with Crippen LogP contribution < -0.4 is 5.32 Å². The average molecular weight is 317 g/mol.